The Morgan fingerprint density at radius 2 is 1.97 bits per heavy atom. The number of nitrogens with one attached hydrogen (secondary N) is 2. The maximum absolute atomic E-state index is 12.6. The van der Waals surface area contributed by atoms with Crippen LogP contribution in [-0.4, -0.2) is 15.9 Å². The van der Waals surface area contributed by atoms with E-state index in [0.29, 0.717) is 13.0 Å². The molecule has 0 radical (unpaired) electrons. The number of hydrogen-bond donors (Lipinski definition) is 2. The molecule has 1 atom stereocenters. The van der Waals surface area contributed by atoms with E-state index in [-0.39, 0.29) is 11.9 Å². The summed E-state index contributed by atoms with van der Waals surface area (Å²) in [5.74, 6) is 0.743. The molecule has 0 aliphatic rings. The first-order valence-corrected chi connectivity index (χ1v) is 9.66. The fraction of sp³-hybridized carbons (Fsp3) is 0.167. The van der Waals surface area contributed by atoms with Crippen molar-refractivity contribution in [1.82, 2.24) is 15.3 Å². The summed E-state index contributed by atoms with van der Waals surface area (Å²) in [6.07, 6.45) is 3.99. The number of nitrogens with zero attached hydrogens (tertiary/aromatic N) is 1. The van der Waals surface area contributed by atoms with Crippen molar-refractivity contribution in [2.24, 2.45) is 0 Å². The molecule has 0 aliphatic carbocycles. The number of pyridine rings is 1. The van der Waals surface area contributed by atoms with Gasteiger partial charge in [-0.05, 0) is 48.4 Å². The lowest BCUT2D eigenvalue weighted by Crippen LogP contribution is -2.28. The lowest BCUT2D eigenvalue weighted by atomic mass is 10.1. The van der Waals surface area contributed by atoms with E-state index in [1.165, 1.54) is 0 Å². The van der Waals surface area contributed by atoms with Crippen molar-refractivity contribution >= 4 is 16.8 Å². The van der Waals surface area contributed by atoms with Gasteiger partial charge in [-0.25, -0.2) is 0 Å². The number of carbonyl (C=O) groups excluding carboxylic acids is 1. The van der Waals surface area contributed by atoms with Gasteiger partial charge >= 0.3 is 0 Å². The minimum Gasteiger partial charge on any atom is -0.487 e. The van der Waals surface area contributed by atoms with Crippen molar-refractivity contribution in [3.8, 4) is 5.75 Å². The summed E-state index contributed by atoms with van der Waals surface area (Å²) in [5, 5.41) is 4.16. The van der Waals surface area contributed by atoms with Crippen LogP contribution in [0, 0.1) is 0 Å². The van der Waals surface area contributed by atoms with Crippen molar-refractivity contribution in [1.29, 1.82) is 0 Å². The van der Waals surface area contributed by atoms with Crippen molar-refractivity contribution in [3.05, 3.63) is 95.9 Å². The first kappa shape index (κ1) is 18.7. The highest BCUT2D eigenvalue weighted by Crippen LogP contribution is 2.21. The van der Waals surface area contributed by atoms with Gasteiger partial charge in [0.05, 0.1) is 18.2 Å². The van der Waals surface area contributed by atoms with Crippen LogP contribution < -0.4 is 10.1 Å². The molecular formula is C24H23N3O2. The standard InChI is InChI=1S/C24H23N3O2/c1-17(27-24(28)14-19-15-26-23-11-3-2-10-22(19)23)18-7-6-9-21(13-18)29-16-20-8-4-5-12-25-20/h2-13,15,17,26H,14,16H2,1H3,(H,27,28). The number of fused-ring (bicyclic) bond motifs is 1. The fourth-order valence-electron chi connectivity index (χ4n) is 3.34. The SMILES string of the molecule is CC(NC(=O)Cc1c[nH]c2ccccc12)c1cccc(OCc2ccccn2)c1. The van der Waals surface area contributed by atoms with E-state index in [4.69, 9.17) is 4.74 Å². The molecule has 0 aliphatic heterocycles. The largest absolute Gasteiger partial charge is 0.487 e. The van der Waals surface area contributed by atoms with Crippen LogP contribution in [0.3, 0.4) is 0 Å². The first-order valence-electron chi connectivity index (χ1n) is 9.66. The molecule has 29 heavy (non-hydrogen) atoms. The number of para-hydroxylation sites is 1. The summed E-state index contributed by atoms with van der Waals surface area (Å²) < 4.78 is 5.84. The molecule has 2 aromatic heterocycles. The van der Waals surface area contributed by atoms with Crippen LogP contribution in [0.25, 0.3) is 10.9 Å². The van der Waals surface area contributed by atoms with Crippen molar-refractivity contribution in [2.45, 2.75) is 26.0 Å². The Balaban J connectivity index is 1.37. The van der Waals surface area contributed by atoms with Crippen molar-refractivity contribution in [2.75, 3.05) is 0 Å². The number of aromatic amines is 1. The minimum atomic E-state index is -0.119. The summed E-state index contributed by atoms with van der Waals surface area (Å²) in [7, 11) is 0. The fourth-order valence-corrected chi connectivity index (χ4v) is 3.34. The normalized spacial score (nSPS) is 11.9. The number of aromatic nitrogens is 2. The summed E-state index contributed by atoms with van der Waals surface area (Å²) in [4.78, 5) is 20.0. The first-order chi connectivity index (χ1) is 14.2. The monoisotopic (exact) mass is 385 g/mol. The highest BCUT2D eigenvalue weighted by atomic mass is 16.5. The molecule has 146 valence electrons. The molecule has 5 nitrogen and oxygen atoms in total. The molecule has 4 aromatic rings. The maximum Gasteiger partial charge on any atom is 0.224 e. The van der Waals surface area contributed by atoms with E-state index in [1.807, 2.05) is 79.9 Å². The molecular weight excluding hydrogens is 362 g/mol. The maximum atomic E-state index is 12.6. The molecule has 0 saturated carbocycles. The highest BCUT2D eigenvalue weighted by Gasteiger charge is 2.13. The second-order valence-corrected chi connectivity index (χ2v) is 7.01. The van der Waals surface area contributed by atoms with Gasteiger partial charge in [0.25, 0.3) is 0 Å². The quantitative estimate of drug-likeness (QED) is 0.490. The van der Waals surface area contributed by atoms with Gasteiger partial charge in [-0.1, -0.05) is 36.4 Å². The summed E-state index contributed by atoms with van der Waals surface area (Å²) in [6.45, 7) is 2.39. The van der Waals surface area contributed by atoms with Gasteiger partial charge in [0.15, 0.2) is 0 Å². The van der Waals surface area contributed by atoms with Gasteiger partial charge in [0, 0.05) is 23.3 Å². The third kappa shape index (κ3) is 4.63. The Morgan fingerprint density at radius 1 is 1.10 bits per heavy atom. The van der Waals surface area contributed by atoms with E-state index >= 15 is 0 Å². The average Bonchev–Trinajstić information content (AvgIpc) is 3.16. The van der Waals surface area contributed by atoms with Crippen LogP contribution in [0.2, 0.25) is 0 Å². The van der Waals surface area contributed by atoms with Gasteiger partial charge in [-0.15, -0.1) is 0 Å². The van der Waals surface area contributed by atoms with E-state index in [1.54, 1.807) is 6.20 Å². The third-order valence-corrected chi connectivity index (χ3v) is 4.87. The smallest absolute Gasteiger partial charge is 0.224 e. The van der Waals surface area contributed by atoms with Gasteiger partial charge < -0.3 is 15.0 Å². The van der Waals surface area contributed by atoms with Crippen molar-refractivity contribution in [3.63, 3.8) is 0 Å². The molecule has 2 N–H and O–H groups in total. The summed E-state index contributed by atoms with van der Waals surface area (Å²) in [6, 6.07) is 21.4. The summed E-state index contributed by atoms with van der Waals surface area (Å²) in [5.41, 5.74) is 3.91. The van der Waals surface area contributed by atoms with Gasteiger partial charge in [-0.3, -0.25) is 9.78 Å². The number of ether oxygens (including phenoxy) is 1. The number of benzene rings is 2. The van der Waals surface area contributed by atoms with E-state index in [9.17, 15) is 4.79 Å². The van der Waals surface area contributed by atoms with Gasteiger partial charge in [0.1, 0.15) is 12.4 Å². The molecule has 1 amide bonds. The molecule has 0 bridgehead atoms. The van der Waals surface area contributed by atoms with Crippen LogP contribution in [-0.2, 0) is 17.8 Å². The molecule has 4 rings (SSSR count). The minimum absolute atomic E-state index is 0.0120. The second-order valence-electron chi connectivity index (χ2n) is 7.01. The lowest BCUT2D eigenvalue weighted by molar-refractivity contribution is -0.121. The average molecular weight is 385 g/mol. The zero-order valence-corrected chi connectivity index (χ0v) is 16.3. The van der Waals surface area contributed by atoms with E-state index < -0.39 is 0 Å². The molecule has 1 unspecified atom stereocenters. The van der Waals surface area contributed by atoms with Gasteiger partial charge in [-0.2, -0.15) is 0 Å². The van der Waals surface area contributed by atoms with Crippen LogP contribution >= 0.6 is 0 Å². The predicted octanol–water partition coefficient (Wildman–Crippen LogP) is 4.56. The Hall–Kier alpha value is -3.60. The molecule has 0 fully saturated rings. The second kappa shape index (κ2) is 8.61. The Bertz CT molecular complexity index is 1110. The number of hydrogen-bond acceptors (Lipinski definition) is 3. The number of rotatable bonds is 7. The zero-order chi connectivity index (χ0) is 20.1. The molecule has 0 spiro atoms. The molecule has 2 heterocycles. The molecule has 2 aromatic carbocycles. The van der Waals surface area contributed by atoms with E-state index in [0.717, 1.165) is 33.5 Å². The number of carbonyl (C=O) groups is 1. The molecule has 5 heteroatoms. The van der Waals surface area contributed by atoms with Crippen LogP contribution in [0.1, 0.15) is 29.8 Å². The third-order valence-electron chi connectivity index (χ3n) is 4.87. The topological polar surface area (TPSA) is 67.0 Å². The highest BCUT2D eigenvalue weighted by molar-refractivity contribution is 5.88. The Morgan fingerprint density at radius 3 is 2.83 bits per heavy atom. The van der Waals surface area contributed by atoms with E-state index in [2.05, 4.69) is 15.3 Å². The Kier molecular flexibility index (Phi) is 5.56. The summed E-state index contributed by atoms with van der Waals surface area (Å²) >= 11 is 0. The van der Waals surface area contributed by atoms with Crippen LogP contribution in [0.15, 0.2) is 79.1 Å². The number of amides is 1. The number of H-pyrrole nitrogens is 1. The lowest BCUT2D eigenvalue weighted by Gasteiger charge is -2.15. The Labute approximate surface area is 169 Å². The van der Waals surface area contributed by atoms with Gasteiger partial charge in [0.2, 0.25) is 5.91 Å². The zero-order valence-electron chi connectivity index (χ0n) is 16.3. The predicted molar refractivity (Wildman–Crippen MR) is 114 cm³/mol. The van der Waals surface area contributed by atoms with Crippen molar-refractivity contribution < 1.29 is 9.53 Å². The van der Waals surface area contributed by atoms with Crippen LogP contribution in [0.5, 0.6) is 5.75 Å². The van der Waals surface area contributed by atoms with Crippen LogP contribution in [0.4, 0.5) is 0 Å². The molecule has 0 saturated heterocycles.